The molecule has 3 rings (SSSR count). The normalized spacial score (nSPS) is 19.3. The van der Waals surface area contributed by atoms with Crippen molar-refractivity contribution < 1.29 is 8.42 Å². The third kappa shape index (κ3) is 3.17. The molecule has 0 spiro atoms. The molecule has 21 heavy (non-hydrogen) atoms. The van der Waals surface area contributed by atoms with E-state index in [1.54, 1.807) is 6.07 Å². The topological polar surface area (TPSA) is 107 Å². The van der Waals surface area contributed by atoms with Crippen molar-refractivity contribution in [2.45, 2.75) is 17.7 Å². The number of aromatic amines is 2. The highest BCUT2D eigenvalue weighted by Crippen LogP contribution is 2.16. The average Bonchev–Trinajstić information content (AvgIpc) is 3.05. The van der Waals surface area contributed by atoms with E-state index in [0.29, 0.717) is 23.5 Å². The van der Waals surface area contributed by atoms with Crippen LogP contribution in [0.4, 0.5) is 0 Å². The van der Waals surface area contributed by atoms with E-state index in [1.807, 2.05) is 0 Å². The van der Waals surface area contributed by atoms with E-state index >= 15 is 0 Å². The molecule has 1 atom stereocenters. The maximum absolute atomic E-state index is 12.2. The summed E-state index contributed by atoms with van der Waals surface area (Å²) in [4.78, 5) is 16.5. The van der Waals surface area contributed by atoms with Crippen molar-refractivity contribution in [2.75, 3.05) is 19.6 Å². The van der Waals surface area contributed by atoms with Crippen LogP contribution in [-0.4, -0.2) is 38.0 Å². The van der Waals surface area contributed by atoms with Crippen LogP contribution in [0.15, 0.2) is 27.9 Å². The monoisotopic (exact) mass is 310 g/mol. The van der Waals surface area contributed by atoms with Crippen molar-refractivity contribution in [3.63, 3.8) is 0 Å². The van der Waals surface area contributed by atoms with Crippen LogP contribution >= 0.6 is 0 Å². The minimum Gasteiger partial charge on any atom is -0.316 e. The van der Waals surface area contributed by atoms with E-state index in [2.05, 4.69) is 20.0 Å². The molecule has 2 aromatic rings. The van der Waals surface area contributed by atoms with E-state index in [0.717, 1.165) is 25.9 Å². The minimum absolute atomic E-state index is 0.162. The molecule has 2 heterocycles. The third-order valence-electron chi connectivity index (χ3n) is 3.80. The number of imidazole rings is 1. The molecule has 0 saturated carbocycles. The first-order chi connectivity index (χ1) is 10.0. The molecule has 1 saturated heterocycles. The maximum atomic E-state index is 12.2. The van der Waals surface area contributed by atoms with Gasteiger partial charge in [-0.05, 0) is 50.0 Å². The molecule has 1 aromatic heterocycles. The molecule has 1 aliphatic rings. The van der Waals surface area contributed by atoms with E-state index < -0.39 is 10.0 Å². The lowest BCUT2D eigenvalue weighted by Crippen LogP contribution is -2.26. The van der Waals surface area contributed by atoms with Crippen LogP contribution in [0.3, 0.4) is 0 Å². The first-order valence-electron chi connectivity index (χ1n) is 6.97. The van der Waals surface area contributed by atoms with Crippen molar-refractivity contribution >= 4 is 21.1 Å². The summed E-state index contributed by atoms with van der Waals surface area (Å²) in [6.07, 6.45) is 1.92. The van der Waals surface area contributed by atoms with Gasteiger partial charge in [-0.25, -0.2) is 17.9 Å². The van der Waals surface area contributed by atoms with Gasteiger partial charge in [-0.15, -0.1) is 0 Å². The van der Waals surface area contributed by atoms with Gasteiger partial charge in [-0.3, -0.25) is 0 Å². The lowest BCUT2D eigenvalue weighted by molar-refractivity contribution is 0.519. The summed E-state index contributed by atoms with van der Waals surface area (Å²) in [6.45, 7) is 2.39. The van der Waals surface area contributed by atoms with Crippen LogP contribution in [0.2, 0.25) is 0 Å². The van der Waals surface area contributed by atoms with Crippen LogP contribution in [0, 0.1) is 5.92 Å². The molecule has 1 aromatic carbocycles. The first-order valence-corrected chi connectivity index (χ1v) is 8.45. The molecule has 1 unspecified atom stereocenters. The number of hydrogen-bond donors (Lipinski definition) is 4. The predicted octanol–water partition coefficient (Wildman–Crippen LogP) is 0.134. The second kappa shape index (κ2) is 5.63. The standard InChI is InChI=1S/C13H18N4O3S/c18-13-16-11-2-1-10(7-12(11)17-13)21(19,20)15-6-4-9-3-5-14-8-9/h1-2,7,9,14-15H,3-6,8H2,(H2,16,17,18). The number of fused-ring (bicyclic) bond motifs is 1. The molecule has 0 radical (unpaired) electrons. The van der Waals surface area contributed by atoms with Gasteiger partial charge >= 0.3 is 5.69 Å². The number of nitrogens with one attached hydrogen (secondary N) is 4. The third-order valence-corrected chi connectivity index (χ3v) is 5.26. The second-order valence-electron chi connectivity index (χ2n) is 5.33. The maximum Gasteiger partial charge on any atom is 0.323 e. The van der Waals surface area contributed by atoms with Gasteiger partial charge in [-0.2, -0.15) is 0 Å². The molecule has 0 bridgehead atoms. The lowest BCUT2D eigenvalue weighted by atomic mass is 10.1. The van der Waals surface area contributed by atoms with Gasteiger partial charge in [0.1, 0.15) is 0 Å². The fourth-order valence-corrected chi connectivity index (χ4v) is 3.69. The second-order valence-corrected chi connectivity index (χ2v) is 7.10. The van der Waals surface area contributed by atoms with Gasteiger partial charge in [0.05, 0.1) is 15.9 Å². The Bertz CT molecular complexity index is 787. The van der Waals surface area contributed by atoms with Crippen LogP contribution in [0.25, 0.3) is 11.0 Å². The lowest BCUT2D eigenvalue weighted by Gasteiger charge is -2.10. The summed E-state index contributed by atoms with van der Waals surface area (Å²) >= 11 is 0. The van der Waals surface area contributed by atoms with Crippen molar-refractivity contribution in [1.82, 2.24) is 20.0 Å². The van der Waals surface area contributed by atoms with Gasteiger partial charge < -0.3 is 15.3 Å². The Morgan fingerprint density at radius 1 is 1.24 bits per heavy atom. The van der Waals surface area contributed by atoms with Crippen LogP contribution in [-0.2, 0) is 10.0 Å². The van der Waals surface area contributed by atoms with Gasteiger partial charge in [0.15, 0.2) is 0 Å². The number of rotatable bonds is 5. The minimum atomic E-state index is -3.54. The molecule has 1 fully saturated rings. The van der Waals surface area contributed by atoms with Gasteiger partial charge in [-0.1, -0.05) is 0 Å². The van der Waals surface area contributed by atoms with E-state index in [4.69, 9.17) is 0 Å². The number of benzene rings is 1. The van der Waals surface area contributed by atoms with Gasteiger partial charge in [0.2, 0.25) is 10.0 Å². The first kappa shape index (κ1) is 14.3. The van der Waals surface area contributed by atoms with Crippen LogP contribution in [0.5, 0.6) is 0 Å². The summed E-state index contributed by atoms with van der Waals surface area (Å²) in [5.41, 5.74) is 0.736. The largest absolute Gasteiger partial charge is 0.323 e. The smallest absolute Gasteiger partial charge is 0.316 e. The Hall–Kier alpha value is -1.64. The Morgan fingerprint density at radius 3 is 2.81 bits per heavy atom. The van der Waals surface area contributed by atoms with E-state index in [9.17, 15) is 13.2 Å². The highest BCUT2D eigenvalue weighted by molar-refractivity contribution is 7.89. The number of H-pyrrole nitrogens is 2. The Morgan fingerprint density at radius 2 is 2.05 bits per heavy atom. The fourth-order valence-electron chi connectivity index (χ4n) is 2.62. The average molecular weight is 310 g/mol. The molecular formula is C13H18N4O3S. The Kier molecular flexibility index (Phi) is 3.83. The molecular weight excluding hydrogens is 292 g/mol. The quantitative estimate of drug-likeness (QED) is 0.630. The van der Waals surface area contributed by atoms with Gasteiger partial charge in [0.25, 0.3) is 0 Å². The summed E-state index contributed by atoms with van der Waals surface area (Å²) in [6, 6.07) is 4.54. The summed E-state index contributed by atoms with van der Waals surface area (Å²) in [5, 5.41) is 3.26. The highest BCUT2D eigenvalue weighted by Gasteiger charge is 2.18. The molecule has 0 amide bonds. The summed E-state index contributed by atoms with van der Waals surface area (Å²) in [5.74, 6) is 0.538. The van der Waals surface area contributed by atoms with E-state index in [-0.39, 0.29) is 10.6 Å². The zero-order valence-corrected chi connectivity index (χ0v) is 12.3. The molecule has 114 valence electrons. The summed E-state index contributed by atoms with van der Waals surface area (Å²) in [7, 11) is -3.54. The number of hydrogen-bond acceptors (Lipinski definition) is 4. The van der Waals surface area contributed by atoms with Gasteiger partial charge in [0, 0.05) is 6.54 Å². The summed E-state index contributed by atoms with van der Waals surface area (Å²) < 4.78 is 27.1. The number of aromatic nitrogens is 2. The van der Waals surface area contributed by atoms with Crippen molar-refractivity contribution in [2.24, 2.45) is 5.92 Å². The fraction of sp³-hybridized carbons (Fsp3) is 0.462. The van der Waals surface area contributed by atoms with Crippen LogP contribution < -0.4 is 15.7 Å². The van der Waals surface area contributed by atoms with Crippen molar-refractivity contribution in [3.05, 3.63) is 28.7 Å². The zero-order chi connectivity index (χ0) is 14.9. The zero-order valence-electron chi connectivity index (χ0n) is 11.5. The van der Waals surface area contributed by atoms with Crippen LogP contribution in [0.1, 0.15) is 12.8 Å². The molecule has 4 N–H and O–H groups in total. The Labute approximate surface area is 122 Å². The number of sulfonamides is 1. The Balaban J connectivity index is 1.71. The molecule has 0 aliphatic carbocycles. The van der Waals surface area contributed by atoms with E-state index in [1.165, 1.54) is 12.1 Å². The molecule has 1 aliphatic heterocycles. The van der Waals surface area contributed by atoms with Crippen molar-refractivity contribution in [1.29, 1.82) is 0 Å². The predicted molar refractivity (Wildman–Crippen MR) is 79.7 cm³/mol. The molecule has 8 heteroatoms. The SMILES string of the molecule is O=c1[nH]c2ccc(S(=O)(=O)NCCC3CCNC3)cc2[nH]1. The highest BCUT2D eigenvalue weighted by atomic mass is 32.2. The molecule has 7 nitrogen and oxygen atoms in total. The van der Waals surface area contributed by atoms with Crippen molar-refractivity contribution in [3.8, 4) is 0 Å².